The lowest BCUT2D eigenvalue weighted by Gasteiger charge is -2.33. The van der Waals surface area contributed by atoms with Gasteiger partial charge in [-0.2, -0.15) is 0 Å². The van der Waals surface area contributed by atoms with Gasteiger partial charge in [0.25, 0.3) is 0 Å². The van der Waals surface area contributed by atoms with E-state index in [0.717, 1.165) is 17.8 Å². The SMILES string of the molecule is CC[C@@H]1CC(C)CC[C@@H]1CC. The first-order chi connectivity index (χ1) is 5.27. The summed E-state index contributed by atoms with van der Waals surface area (Å²) in [5.74, 6) is 3.10. The highest BCUT2D eigenvalue weighted by atomic mass is 14.3. The third kappa shape index (κ3) is 2.21. The Kier molecular flexibility index (Phi) is 3.42. The van der Waals surface area contributed by atoms with E-state index in [-0.39, 0.29) is 0 Å². The predicted octanol–water partition coefficient (Wildman–Crippen LogP) is 3.86. The molecule has 0 aliphatic heterocycles. The van der Waals surface area contributed by atoms with Gasteiger partial charge in [0.05, 0.1) is 0 Å². The van der Waals surface area contributed by atoms with Crippen LogP contribution in [0.5, 0.6) is 0 Å². The van der Waals surface area contributed by atoms with Gasteiger partial charge in [0.1, 0.15) is 0 Å². The zero-order chi connectivity index (χ0) is 8.27. The summed E-state index contributed by atoms with van der Waals surface area (Å²) in [5.41, 5.74) is 0. The summed E-state index contributed by atoms with van der Waals surface area (Å²) in [6.45, 7) is 7.11. The molecule has 0 aromatic carbocycles. The lowest BCUT2D eigenvalue weighted by Crippen LogP contribution is -2.22. The summed E-state index contributed by atoms with van der Waals surface area (Å²) >= 11 is 0. The molecule has 1 rings (SSSR count). The molecule has 0 radical (unpaired) electrons. The molecule has 0 saturated heterocycles. The van der Waals surface area contributed by atoms with E-state index in [1.807, 2.05) is 0 Å². The van der Waals surface area contributed by atoms with Gasteiger partial charge < -0.3 is 0 Å². The van der Waals surface area contributed by atoms with Crippen LogP contribution in [-0.2, 0) is 0 Å². The fraction of sp³-hybridized carbons (Fsp3) is 1.00. The van der Waals surface area contributed by atoms with Crippen molar-refractivity contribution >= 4 is 0 Å². The van der Waals surface area contributed by atoms with Crippen LogP contribution in [0.3, 0.4) is 0 Å². The normalized spacial score (nSPS) is 39.0. The molecule has 0 heterocycles. The van der Waals surface area contributed by atoms with E-state index in [0.29, 0.717) is 0 Å². The lowest BCUT2D eigenvalue weighted by atomic mass is 9.72. The quantitative estimate of drug-likeness (QED) is 0.566. The van der Waals surface area contributed by atoms with Crippen molar-refractivity contribution in [1.82, 2.24) is 0 Å². The Hall–Kier alpha value is 0. The largest absolute Gasteiger partial charge is 0.0651 e. The van der Waals surface area contributed by atoms with Crippen LogP contribution in [0.25, 0.3) is 0 Å². The molecule has 0 bridgehead atoms. The predicted molar refractivity (Wildman–Crippen MR) is 50.6 cm³/mol. The molecule has 0 amide bonds. The van der Waals surface area contributed by atoms with Gasteiger partial charge >= 0.3 is 0 Å². The first kappa shape index (κ1) is 9.09. The molecular weight excluding hydrogens is 132 g/mol. The second-order valence-electron chi connectivity index (χ2n) is 4.25. The minimum absolute atomic E-state index is 1.00. The van der Waals surface area contributed by atoms with Crippen LogP contribution in [-0.4, -0.2) is 0 Å². The van der Waals surface area contributed by atoms with E-state index < -0.39 is 0 Å². The Morgan fingerprint density at radius 1 is 1.00 bits per heavy atom. The number of hydrogen-bond acceptors (Lipinski definition) is 0. The van der Waals surface area contributed by atoms with Crippen molar-refractivity contribution in [3.63, 3.8) is 0 Å². The lowest BCUT2D eigenvalue weighted by molar-refractivity contribution is 0.179. The summed E-state index contributed by atoms with van der Waals surface area (Å²) in [5, 5.41) is 0. The van der Waals surface area contributed by atoms with Crippen molar-refractivity contribution in [3.05, 3.63) is 0 Å². The van der Waals surface area contributed by atoms with Crippen LogP contribution in [0.2, 0.25) is 0 Å². The Morgan fingerprint density at radius 3 is 2.18 bits per heavy atom. The van der Waals surface area contributed by atoms with Crippen molar-refractivity contribution < 1.29 is 0 Å². The second-order valence-corrected chi connectivity index (χ2v) is 4.25. The molecule has 0 spiro atoms. The molecular formula is C11H22. The van der Waals surface area contributed by atoms with Gasteiger partial charge in [0, 0.05) is 0 Å². The maximum Gasteiger partial charge on any atom is -0.0386 e. The van der Waals surface area contributed by atoms with E-state index >= 15 is 0 Å². The van der Waals surface area contributed by atoms with E-state index in [1.165, 1.54) is 32.1 Å². The van der Waals surface area contributed by atoms with E-state index in [2.05, 4.69) is 20.8 Å². The van der Waals surface area contributed by atoms with Crippen molar-refractivity contribution in [1.29, 1.82) is 0 Å². The molecule has 0 heteroatoms. The minimum atomic E-state index is 1.00. The van der Waals surface area contributed by atoms with Gasteiger partial charge in [-0.25, -0.2) is 0 Å². The maximum absolute atomic E-state index is 2.41. The maximum atomic E-state index is 2.41. The first-order valence-electron chi connectivity index (χ1n) is 5.27. The fourth-order valence-corrected chi connectivity index (χ4v) is 2.60. The molecule has 3 atom stereocenters. The minimum Gasteiger partial charge on any atom is -0.0651 e. The summed E-state index contributed by atoms with van der Waals surface area (Å²) in [4.78, 5) is 0. The average molecular weight is 154 g/mol. The zero-order valence-corrected chi connectivity index (χ0v) is 8.27. The Labute approximate surface area is 71.4 Å². The van der Waals surface area contributed by atoms with Gasteiger partial charge in [0.2, 0.25) is 0 Å². The highest BCUT2D eigenvalue weighted by Gasteiger charge is 2.25. The van der Waals surface area contributed by atoms with Crippen LogP contribution in [0.1, 0.15) is 52.9 Å². The van der Waals surface area contributed by atoms with Crippen LogP contribution in [0.15, 0.2) is 0 Å². The van der Waals surface area contributed by atoms with Crippen LogP contribution in [0.4, 0.5) is 0 Å². The molecule has 66 valence electrons. The molecule has 1 saturated carbocycles. The van der Waals surface area contributed by atoms with Crippen LogP contribution >= 0.6 is 0 Å². The summed E-state index contributed by atoms with van der Waals surface area (Å²) < 4.78 is 0. The molecule has 1 aliphatic rings. The third-order valence-corrected chi connectivity index (χ3v) is 3.45. The highest BCUT2D eigenvalue weighted by molar-refractivity contribution is 4.76. The van der Waals surface area contributed by atoms with Crippen molar-refractivity contribution in [2.75, 3.05) is 0 Å². The summed E-state index contributed by atoms with van der Waals surface area (Å²) in [7, 11) is 0. The van der Waals surface area contributed by atoms with E-state index in [4.69, 9.17) is 0 Å². The fourth-order valence-electron chi connectivity index (χ4n) is 2.60. The second kappa shape index (κ2) is 4.13. The molecule has 11 heavy (non-hydrogen) atoms. The molecule has 0 nitrogen and oxygen atoms in total. The first-order valence-corrected chi connectivity index (χ1v) is 5.27. The molecule has 1 fully saturated rings. The van der Waals surface area contributed by atoms with Crippen LogP contribution in [0, 0.1) is 17.8 Å². The Bertz CT molecular complexity index is 107. The average Bonchev–Trinajstić information content (AvgIpc) is 2.04. The topological polar surface area (TPSA) is 0 Å². The van der Waals surface area contributed by atoms with E-state index in [1.54, 1.807) is 0 Å². The van der Waals surface area contributed by atoms with Gasteiger partial charge in [-0.3, -0.25) is 0 Å². The third-order valence-electron chi connectivity index (χ3n) is 3.45. The van der Waals surface area contributed by atoms with Crippen molar-refractivity contribution in [2.24, 2.45) is 17.8 Å². The molecule has 1 aliphatic carbocycles. The number of hydrogen-bond donors (Lipinski definition) is 0. The summed E-state index contributed by atoms with van der Waals surface area (Å²) in [6.07, 6.45) is 7.29. The van der Waals surface area contributed by atoms with Gasteiger partial charge in [-0.1, -0.05) is 40.0 Å². The monoisotopic (exact) mass is 154 g/mol. The van der Waals surface area contributed by atoms with Gasteiger partial charge in [-0.15, -0.1) is 0 Å². The van der Waals surface area contributed by atoms with E-state index in [9.17, 15) is 0 Å². The summed E-state index contributed by atoms with van der Waals surface area (Å²) in [6, 6.07) is 0. The van der Waals surface area contributed by atoms with Crippen molar-refractivity contribution in [3.8, 4) is 0 Å². The van der Waals surface area contributed by atoms with Gasteiger partial charge in [0.15, 0.2) is 0 Å². The zero-order valence-electron chi connectivity index (χ0n) is 8.27. The molecule has 0 aromatic rings. The smallest absolute Gasteiger partial charge is 0.0386 e. The Morgan fingerprint density at radius 2 is 1.64 bits per heavy atom. The molecule has 0 N–H and O–H groups in total. The molecule has 1 unspecified atom stereocenters. The highest BCUT2D eigenvalue weighted by Crippen LogP contribution is 2.36. The van der Waals surface area contributed by atoms with Gasteiger partial charge in [-0.05, 0) is 30.6 Å². The van der Waals surface area contributed by atoms with Crippen LogP contribution < -0.4 is 0 Å². The Balaban J connectivity index is 2.41. The molecule has 0 aromatic heterocycles. The van der Waals surface area contributed by atoms with Crippen molar-refractivity contribution in [2.45, 2.75) is 52.9 Å². The number of rotatable bonds is 2. The standard InChI is InChI=1S/C11H22/c1-4-10-7-6-9(3)8-11(10)5-2/h9-11H,4-8H2,1-3H3/t9?,10-,11+/m0/s1.